The van der Waals surface area contributed by atoms with Crippen LogP contribution in [0.2, 0.25) is 0 Å². The standard InChI is InChI=1S/C18H21F3N4/c1-12-10-17(24-8-6-22-7-9-24)23-25(12)16-5-3-13-2-4-14(11-15(13)16)18(19,20)21/h2,4,10-11,16,22H,3,5-9H2,1H3. The van der Waals surface area contributed by atoms with Crippen LogP contribution in [0.15, 0.2) is 24.3 Å². The van der Waals surface area contributed by atoms with Crippen LogP contribution in [0.1, 0.15) is 34.8 Å². The molecular weight excluding hydrogens is 329 g/mol. The van der Waals surface area contributed by atoms with Crippen molar-refractivity contribution in [2.45, 2.75) is 32.0 Å². The Hall–Kier alpha value is -2.02. The molecule has 1 N–H and O–H groups in total. The van der Waals surface area contributed by atoms with Crippen molar-refractivity contribution in [3.05, 3.63) is 46.6 Å². The van der Waals surface area contributed by atoms with Crippen LogP contribution in [0, 0.1) is 6.92 Å². The Balaban J connectivity index is 1.67. The van der Waals surface area contributed by atoms with Gasteiger partial charge in [0.2, 0.25) is 0 Å². The molecule has 0 amide bonds. The molecule has 1 unspecified atom stereocenters. The zero-order valence-corrected chi connectivity index (χ0v) is 14.1. The van der Waals surface area contributed by atoms with Crippen LogP contribution in [-0.4, -0.2) is 36.0 Å². The summed E-state index contributed by atoms with van der Waals surface area (Å²) < 4.78 is 41.1. The van der Waals surface area contributed by atoms with Gasteiger partial charge in [-0.1, -0.05) is 6.07 Å². The average Bonchev–Trinajstić information content (AvgIpc) is 3.17. The number of alkyl halides is 3. The number of hydrogen-bond acceptors (Lipinski definition) is 3. The van der Waals surface area contributed by atoms with Crippen LogP contribution < -0.4 is 10.2 Å². The summed E-state index contributed by atoms with van der Waals surface area (Å²) in [6.07, 6.45) is -2.73. The van der Waals surface area contributed by atoms with E-state index >= 15 is 0 Å². The van der Waals surface area contributed by atoms with E-state index in [9.17, 15) is 13.2 Å². The van der Waals surface area contributed by atoms with E-state index in [0.717, 1.165) is 61.7 Å². The number of piperazine rings is 1. The number of nitrogens with zero attached hydrogens (tertiary/aromatic N) is 3. The van der Waals surface area contributed by atoms with Crippen LogP contribution in [0.25, 0.3) is 0 Å². The maximum Gasteiger partial charge on any atom is 0.416 e. The minimum atomic E-state index is -4.31. The van der Waals surface area contributed by atoms with E-state index in [-0.39, 0.29) is 6.04 Å². The number of aryl methyl sites for hydroxylation is 2. The molecule has 0 radical (unpaired) electrons. The third-order valence-electron chi connectivity index (χ3n) is 5.17. The van der Waals surface area contributed by atoms with E-state index < -0.39 is 11.7 Å². The fourth-order valence-electron chi connectivity index (χ4n) is 3.85. The van der Waals surface area contributed by atoms with Crippen molar-refractivity contribution in [3.63, 3.8) is 0 Å². The number of rotatable bonds is 2. The summed E-state index contributed by atoms with van der Waals surface area (Å²) in [5.41, 5.74) is 2.17. The Labute approximate surface area is 144 Å². The first-order valence-corrected chi connectivity index (χ1v) is 8.65. The van der Waals surface area contributed by atoms with Crippen LogP contribution >= 0.6 is 0 Å². The molecule has 0 saturated carbocycles. The Morgan fingerprint density at radius 1 is 1.16 bits per heavy atom. The third-order valence-corrected chi connectivity index (χ3v) is 5.17. The molecule has 2 aliphatic rings. The highest BCUT2D eigenvalue weighted by molar-refractivity contribution is 5.43. The van der Waals surface area contributed by atoms with E-state index in [4.69, 9.17) is 5.10 Å². The Bertz CT molecular complexity index is 775. The van der Waals surface area contributed by atoms with Gasteiger partial charge in [0, 0.05) is 37.9 Å². The molecule has 1 aliphatic heterocycles. The monoisotopic (exact) mass is 350 g/mol. The van der Waals surface area contributed by atoms with Gasteiger partial charge >= 0.3 is 6.18 Å². The molecule has 4 rings (SSSR count). The summed E-state index contributed by atoms with van der Waals surface area (Å²) in [6, 6.07) is 6.03. The predicted molar refractivity (Wildman–Crippen MR) is 90.0 cm³/mol. The highest BCUT2D eigenvalue weighted by atomic mass is 19.4. The Morgan fingerprint density at radius 2 is 1.92 bits per heavy atom. The van der Waals surface area contributed by atoms with E-state index in [1.165, 1.54) is 12.1 Å². The first-order chi connectivity index (χ1) is 11.9. The van der Waals surface area contributed by atoms with Gasteiger partial charge in [0.1, 0.15) is 0 Å². The summed E-state index contributed by atoms with van der Waals surface area (Å²) in [5, 5.41) is 8.05. The van der Waals surface area contributed by atoms with Gasteiger partial charge in [-0.2, -0.15) is 18.3 Å². The van der Waals surface area contributed by atoms with Gasteiger partial charge in [-0.25, -0.2) is 0 Å². The third kappa shape index (κ3) is 3.01. The lowest BCUT2D eigenvalue weighted by atomic mass is 10.0. The van der Waals surface area contributed by atoms with Crippen LogP contribution in [0.5, 0.6) is 0 Å². The van der Waals surface area contributed by atoms with E-state index in [0.29, 0.717) is 0 Å². The summed E-state index contributed by atoms with van der Waals surface area (Å²) in [6.45, 7) is 5.62. The number of nitrogens with one attached hydrogen (secondary N) is 1. The minimum absolute atomic E-state index is 0.117. The number of fused-ring (bicyclic) bond motifs is 1. The second-order valence-electron chi connectivity index (χ2n) is 6.79. The van der Waals surface area contributed by atoms with Crippen molar-refractivity contribution in [3.8, 4) is 0 Å². The normalized spacial score (nSPS) is 20.8. The number of hydrogen-bond donors (Lipinski definition) is 1. The molecule has 1 aromatic carbocycles. The summed E-state index contributed by atoms with van der Waals surface area (Å²) in [5.74, 6) is 0.916. The van der Waals surface area contributed by atoms with Gasteiger partial charge in [0.15, 0.2) is 5.82 Å². The molecule has 1 fully saturated rings. The fraction of sp³-hybridized carbons (Fsp3) is 0.500. The lowest BCUT2D eigenvalue weighted by Gasteiger charge is -2.27. The number of aromatic nitrogens is 2. The Morgan fingerprint density at radius 3 is 2.64 bits per heavy atom. The molecule has 25 heavy (non-hydrogen) atoms. The second-order valence-corrected chi connectivity index (χ2v) is 6.79. The second kappa shape index (κ2) is 6.05. The zero-order chi connectivity index (χ0) is 17.6. The molecule has 1 atom stereocenters. The van der Waals surface area contributed by atoms with Crippen molar-refractivity contribution in [2.24, 2.45) is 0 Å². The molecule has 1 aliphatic carbocycles. The topological polar surface area (TPSA) is 33.1 Å². The Kier molecular flexibility index (Phi) is 3.98. The van der Waals surface area contributed by atoms with E-state index in [2.05, 4.69) is 10.2 Å². The van der Waals surface area contributed by atoms with E-state index in [1.807, 2.05) is 17.7 Å². The highest BCUT2D eigenvalue weighted by Crippen LogP contribution is 2.39. The molecule has 0 bridgehead atoms. The quantitative estimate of drug-likeness (QED) is 0.903. The van der Waals surface area contributed by atoms with Gasteiger partial charge in [0.25, 0.3) is 0 Å². The maximum absolute atomic E-state index is 13.1. The largest absolute Gasteiger partial charge is 0.416 e. The molecule has 2 heterocycles. The molecule has 4 nitrogen and oxygen atoms in total. The van der Waals surface area contributed by atoms with Gasteiger partial charge in [-0.05, 0) is 43.0 Å². The number of halogens is 3. The number of anilines is 1. The van der Waals surface area contributed by atoms with Crippen molar-refractivity contribution in [1.82, 2.24) is 15.1 Å². The SMILES string of the molecule is Cc1cc(N2CCNCC2)nn1C1CCc2ccc(C(F)(F)F)cc21. The summed E-state index contributed by atoms with van der Waals surface area (Å²) in [4.78, 5) is 2.22. The summed E-state index contributed by atoms with van der Waals surface area (Å²) in [7, 11) is 0. The first-order valence-electron chi connectivity index (χ1n) is 8.65. The lowest BCUT2D eigenvalue weighted by molar-refractivity contribution is -0.137. The van der Waals surface area contributed by atoms with Gasteiger partial charge in [-0.3, -0.25) is 4.68 Å². The van der Waals surface area contributed by atoms with Crippen LogP contribution in [0.3, 0.4) is 0 Å². The van der Waals surface area contributed by atoms with Crippen molar-refractivity contribution >= 4 is 5.82 Å². The zero-order valence-electron chi connectivity index (χ0n) is 14.1. The van der Waals surface area contributed by atoms with Crippen molar-refractivity contribution < 1.29 is 13.2 Å². The molecule has 2 aromatic rings. The molecular formula is C18H21F3N4. The van der Waals surface area contributed by atoms with Gasteiger partial charge in [-0.15, -0.1) is 0 Å². The molecule has 134 valence electrons. The van der Waals surface area contributed by atoms with Crippen LogP contribution in [-0.2, 0) is 12.6 Å². The fourth-order valence-corrected chi connectivity index (χ4v) is 3.85. The van der Waals surface area contributed by atoms with Crippen LogP contribution in [0.4, 0.5) is 19.0 Å². The van der Waals surface area contributed by atoms with Gasteiger partial charge in [0.05, 0.1) is 11.6 Å². The first kappa shape index (κ1) is 16.4. The van der Waals surface area contributed by atoms with Gasteiger partial charge < -0.3 is 10.2 Å². The van der Waals surface area contributed by atoms with Crippen molar-refractivity contribution in [1.29, 1.82) is 0 Å². The predicted octanol–water partition coefficient (Wildman–Crippen LogP) is 3.16. The van der Waals surface area contributed by atoms with Crippen molar-refractivity contribution in [2.75, 3.05) is 31.1 Å². The highest BCUT2D eigenvalue weighted by Gasteiger charge is 2.34. The lowest BCUT2D eigenvalue weighted by Crippen LogP contribution is -2.43. The van der Waals surface area contributed by atoms with E-state index in [1.54, 1.807) is 6.07 Å². The summed E-state index contributed by atoms with van der Waals surface area (Å²) >= 11 is 0. The maximum atomic E-state index is 13.1. The smallest absolute Gasteiger partial charge is 0.353 e. The molecule has 1 aromatic heterocycles. The molecule has 1 saturated heterocycles. The number of benzene rings is 1. The minimum Gasteiger partial charge on any atom is -0.353 e. The average molecular weight is 350 g/mol. The molecule has 0 spiro atoms. The molecule has 7 heteroatoms.